The average Bonchev–Trinajstić information content (AvgIpc) is 2.37. The zero-order chi connectivity index (χ0) is 13.2. The highest BCUT2D eigenvalue weighted by molar-refractivity contribution is 5.40. The molecule has 0 atom stereocenters. The van der Waals surface area contributed by atoms with Gasteiger partial charge in [0.25, 0.3) is 0 Å². The molecule has 98 valence electrons. The minimum Gasteiger partial charge on any atom is -0.492 e. The molecule has 0 saturated carbocycles. The molecule has 0 aliphatic heterocycles. The first-order chi connectivity index (χ1) is 8.79. The van der Waals surface area contributed by atoms with Crippen molar-refractivity contribution in [3.8, 4) is 17.6 Å². The average molecular weight is 245 g/mol. The molecule has 1 aromatic rings. The van der Waals surface area contributed by atoms with Gasteiger partial charge in [-0.3, -0.25) is 0 Å². The molecule has 0 spiro atoms. The molecule has 18 heavy (non-hydrogen) atoms. The first kappa shape index (κ1) is 14.6. The summed E-state index contributed by atoms with van der Waals surface area (Å²) >= 11 is 0. The van der Waals surface area contributed by atoms with Crippen LogP contribution in [0.15, 0.2) is 18.2 Å². The zero-order valence-corrected chi connectivity index (χ0v) is 11.7. The number of benzene rings is 1. The maximum atomic E-state index is 5.86. The summed E-state index contributed by atoms with van der Waals surface area (Å²) in [6.45, 7) is 8.67. The summed E-state index contributed by atoms with van der Waals surface area (Å²) < 4.78 is 5.86. The number of hydrogen-bond donors (Lipinski definition) is 1. The number of nitrogens with one attached hydrogen (secondary N) is 1. The summed E-state index contributed by atoms with van der Waals surface area (Å²) in [7, 11) is 0. The maximum Gasteiger partial charge on any atom is 0.126 e. The normalized spacial score (nSPS) is 9.72. The van der Waals surface area contributed by atoms with Crippen molar-refractivity contribution in [2.75, 3.05) is 13.2 Å². The summed E-state index contributed by atoms with van der Waals surface area (Å²) in [6, 6.07) is 6.29. The Balaban J connectivity index is 2.63. The molecule has 1 rings (SSSR count). The van der Waals surface area contributed by atoms with Crippen molar-refractivity contribution in [2.24, 2.45) is 0 Å². The maximum absolute atomic E-state index is 5.86. The third-order valence-corrected chi connectivity index (χ3v) is 2.69. The fraction of sp³-hybridized carbons (Fsp3) is 0.500. The molecule has 0 unspecified atom stereocenters. The third-order valence-electron chi connectivity index (χ3n) is 2.69. The Kier molecular flexibility index (Phi) is 6.98. The largest absolute Gasteiger partial charge is 0.492 e. The lowest BCUT2D eigenvalue weighted by Crippen LogP contribution is -2.15. The molecule has 0 fully saturated rings. The van der Waals surface area contributed by atoms with E-state index in [0.717, 1.165) is 31.7 Å². The van der Waals surface area contributed by atoms with Gasteiger partial charge in [-0.15, -0.1) is 11.8 Å². The summed E-state index contributed by atoms with van der Waals surface area (Å²) in [5.74, 6) is 6.91. The minimum absolute atomic E-state index is 0.659. The van der Waals surface area contributed by atoms with Gasteiger partial charge in [0, 0.05) is 18.5 Å². The van der Waals surface area contributed by atoms with Crippen LogP contribution < -0.4 is 10.1 Å². The topological polar surface area (TPSA) is 21.3 Å². The van der Waals surface area contributed by atoms with Gasteiger partial charge in [0.2, 0.25) is 0 Å². The van der Waals surface area contributed by atoms with Gasteiger partial charge in [0.1, 0.15) is 5.75 Å². The molecule has 0 bridgehead atoms. The second-order valence-electron chi connectivity index (χ2n) is 4.27. The van der Waals surface area contributed by atoms with Crippen LogP contribution in [-0.2, 0) is 6.54 Å². The summed E-state index contributed by atoms with van der Waals surface area (Å²) in [5.41, 5.74) is 2.42. The smallest absolute Gasteiger partial charge is 0.126 e. The Morgan fingerprint density at radius 2 is 2.17 bits per heavy atom. The zero-order valence-electron chi connectivity index (χ0n) is 11.7. The van der Waals surface area contributed by atoms with E-state index in [2.05, 4.69) is 49.2 Å². The molecule has 1 aromatic carbocycles. The number of aryl methyl sites for hydroxylation is 1. The molecule has 0 amide bonds. The molecular formula is C16H23NO. The summed E-state index contributed by atoms with van der Waals surface area (Å²) in [5, 5.41) is 3.41. The highest BCUT2D eigenvalue weighted by Gasteiger charge is 2.06. The molecule has 2 heteroatoms. The first-order valence-corrected chi connectivity index (χ1v) is 6.61. The summed E-state index contributed by atoms with van der Waals surface area (Å²) in [6.07, 6.45) is 1.93. The van der Waals surface area contributed by atoms with Gasteiger partial charge in [-0.2, -0.15) is 0 Å². The van der Waals surface area contributed by atoms with Crippen molar-refractivity contribution >= 4 is 0 Å². The first-order valence-electron chi connectivity index (χ1n) is 6.61. The molecule has 0 saturated heterocycles. The fourth-order valence-corrected chi connectivity index (χ4v) is 1.79. The predicted molar refractivity (Wildman–Crippen MR) is 76.7 cm³/mol. The Labute approximate surface area is 111 Å². The van der Waals surface area contributed by atoms with Crippen LogP contribution in [0.5, 0.6) is 5.75 Å². The molecular weight excluding hydrogens is 222 g/mol. The van der Waals surface area contributed by atoms with E-state index >= 15 is 0 Å². The van der Waals surface area contributed by atoms with Crippen LogP contribution >= 0.6 is 0 Å². The van der Waals surface area contributed by atoms with Gasteiger partial charge in [0.15, 0.2) is 0 Å². The van der Waals surface area contributed by atoms with Crippen LogP contribution in [0.1, 0.15) is 37.8 Å². The van der Waals surface area contributed by atoms with E-state index in [-0.39, 0.29) is 0 Å². The SMILES string of the molecule is CC#CCCOc1c(C)cccc1CNCCC. The summed E-state index contributed by atoms with van der Waals surface area (Å²) in [4.78, 5) is 0. The standard InChI is InChI=1S/C16H23NO/c1-4-6-7-12-18-16-14(3)9-8-10-15(16)13-17-11-5-2/h8-10,17H,5,7,11-13H2,1-3H3. The Hall–Kier alpha value is -1.46. The molecule has 0 radical (unpaired) electrons. The monoisotopic (exact) mass is 245 g/mol. The molecule has 0 aliphatic carbocycles. The van der Waals surface area contributed by atoms with Gasteiger partial charge >= 0.3 is 0 Å². The van der Waals surface area contributed by atoms with Crippen LogP contribution in [0.4, 0.5) is 0 Å². The lowest BCUT2D eigenvalue weighted by Gasteiger charge is -2.14. The molecule has 0 heterocycles. The van der Waals surface area contributed by atoms with Gasteiger partial charge < -0.3 is 10.1 Å². The lowest BCUT2D eigenvalue weighted by atomic mass is 10.1. The van der Waals surface area contributed by atoms with Gasteiger partial charge in [0.05, 0.1) is 6.61 Å². The quantitative estimate of drug-likeness (QED) is 0.588. The Morgan fingerprint density at radius 3 is 2.89 bits per heavy atom. The van der Waals surface area contributed by atoms with Crippen molar-refractivity contribution in [3.63, 3.8) is 0 Å². The van der Waals surface area contributed by atoms with E-state index in [1.807, 2.05) is 6.92 Å². The van der Waals surface area contributed by atoms with Crippen LogP contribution in [0.3, 0.4) is 0 Å². The predicted octanol–water partition coefficient (Wildman–Crippen LogP) is 3.29. The van der Waals surface area contributed by atoms with E-state index in [0.29, 0.717) is 6.61 Å². The number of rotatable bonds is 7. The van der Waals surface area contributed by atoms with Gasteiger partial charge in [-0.25, -0.2) is 0 Å². The minimum atomic E-state index is 0.659. The van der Waals surface area contributed by atoms with Crippen molar-refractivity contribution in [3.05, 3.63) is 29.3 Å². The lowest BCUT2D eigenvalue weighted by molar-refractivity contribution is 0.320. The van der Waals surface area contributed by atoms with Crippen LogP contribution in [0.25, 0.3) is 0 Å². The third kappa shape index (κ3) is 4.81. The second kappa shape index (κ2) is 8.60. The van der Waals surface area contributed by atoms with Gasteiger partial charge in [-0.1, -0.05) is 25.1 Å². The molecule has 0 aliphatic rings. The fourth-order valence-electron chi connectivity index (χ4n) is 1.79. The number of ether oxygens (including phenoxy) is 1. The van der Waals surface area contributed by atoms with E-state index in [1.54, 1.807) is 0 Å². The van der Waals surface area contributed by atoms with Crippen molar-refractivity contribution in [2.45, 2.75) is 40.2 Å². The highest BCUT2D eigenvalue weighted by Crippen LogP contribution is 2.23. The second-order valence-corrected chi connectivity index (χ2v) is 4.27. The number of para-hydroxylation sites is 1. The van der Waals surface area contributed by atoms with E-state index in [1.165, 1.54) is 11.1 Å². The van der Waals surface area contributed by atoms with Crippen molar-refractivity contribution < 1.29 is 4.74 Å². The van der Waals surface area contributed by atoms with E-state index in [4.69, 9.17) is 4.74 Å². The Morgan fingerprint density at radius 1 is 1.33 bits per heavy atom. The highest BCUT2D eigenvalue weighted by atomic mass is 16.5. The molecule has 1 N–H and O–H groups in total. The molecule has 0 aromatic heterocycles. The van der Waals surface area contributed by atoms with Crippen LogP contribution in [-0.4, -0.2) is 13.2 Å². The van der Waals surface area contributed by atoms with E-state index < -0.39 is 0 Å². The Bertz CT molecular complexity index is 415. The van der Waals surface area contributed by atoms with Crippen molar-refractivity contribution in [1.82, 2.24) is 5.32 Å². The van der Waals surface area contributed by atoms with Crippen molar-refractivity contribution in [1.29, 1.82) is 0 Å². The number of hydrogen-bond acceptors (Lipinski definition) is 2. The van der Waals surface area contributed by atoms with Crippen LogP contribution in [0, 0.1) is 18.8 Å². The van der Waals surface area contributed by atoms with E-state index in [9.17, 15) is 0 Å². The van der Waals surface area contributed by atoms with Crippen LogP contribution in [0.2, 0.25) is 0 Å². The van der Waals surface area contributed by atoms with Gasteiger partial charge in [-0.05, 0) is 32.4 Å². The molecule has 2 nitrogen and oxygen atoms in total.